The van der Waals surface area contributed by atoms with Crippen LogP contribution >= 0.6 is 0 Å². The molecule has 1 rings (SSSR count). The normalized spacial score (nSPS) is 19.1. The second-order valence-corrected chi connectivity index (χ2v) is 6.28. The van der Waals surface area contributed by atoms with Crippen molar-refractivity contribution >= 4 is 17.6 Å². The van der Waals surface area contributed by atoms with Gasteiger partial charge in [0.05, 0.1) is 0 Å². The van der Waals surface area contributed by atoms with Crippen LogP contribution in [0.15, 0.2) is 16.2 Å². The van der Waals surface area contributed by atoms with Crippen LogP contribution in [0.4, 0.5) is 0 Å². The number of amides is 1. The van der Waals surface area contributed by atoms with Gasteiger partial charge < -0.3 is 15.9 Å². The fourth-order valence-electron chi connectivity index (χ4n) is 2.18. The molecule has 6 heteroatoms. The summed E-state index contributed by atoms with van der Waals surface area (Å²) in [6.45, 7) is 10.7. The first kappa shape index (κ1) is 16.2. The van der Waals surface area contributed by atoms with Crippen LogP contribution in [0.1, 0.15) is 48.0 Å². The molecule has 0 bridgehead atoms. The summed E-state index contributed by atoms with van der Waals surface area (Å²) in [6.07, 6.45) is 0.500. The summed E-state index contributed by atoms with van der Waals surface area (Å²) in [5.41, 5.74) is 0.160. The minimum Gasteiger partial charge on any atom is -0.451 e. The van der Waals surface area contributed by atoms with Crippen molar-refractivity contribution in [2.75, 3.05) is 0 Å². The Labute approximate surface area is 119 Å². The maximum atomic E-state index is 12.3. The highest BCUT2D eigenvalue weighted by molar-refractivity contribution is 6.18. The molecule has 6 nitrogen and oxygen atoms in total. The van der Waals surface area contributed by atoms with Crippen LogP contribution in [0.2, 0.25) is 0 Å². The number of nitrogens with two attached hydrogens (primary N) is 1. The Hall–Kier alpha value is -1.85. The molecule has 1 aliphatic heterocycles. The summed E-state index contributed by atoms with van der Waals surface area (Å²) in [5.74, 6) is 4.20. The van der Waals surface area contributed by atoms with Gasteiger partial charge in [-0.05, 0) is 47.1 Å². The van der Waals surface area contributed by atoms with E-state index in [0.29, 0.717) is 12.0 Å². The molecule has 0 radical (unpaired) electrons. The number of carbonyl (C=O) groups excluding carboxylic acids is 2. The molecular formula is C14H23N3O3. The zero-order chi connectivity index (χ0) is 15.7. The lowest BCUT2D eigenvalue weighted by molar-refractivity contribution is -0.145. The van der Waals surface area contributed by atoms with E-state index < -0.39 is 23.0 Å². The monoisotopic (exact) mass is 281 g/mol. The lowest BCUT2D eigenvalue weighted by Gasteiger charge is -2.26. The summed E-state index contributed by atoms with van der Waals surface area (Å²) in [4.78, 5) is 24.1. The Morgan fingerprint density at radius 2 is 2.00 bits per heavy atom. The second-order valence-electron chi connectivity index (χ2n) is 6.28. The summed E-state index contributed by atoms with van der Waals surface area (Å²) < 4.78 is 5.19. The summed E-state index contributed by atoms with van der Waals surface area (Å²) >= 11 is 0. The van der Waals surface area contributed by atoms with Gasteiger partial charge in [-0.2, -0.15) is 5.10 Å². The lowest BCUT2D eigenvalue weighted by Crippen LogP contribution is -2.46. The molecular weight excluding hydrogens is 258 g/mol. The van der Waals surface area contributed by atoms with Crippen molar-refractivity contribution in [1.29, 1.82) is 0 Å². The van der Waals surface area contributed by atoms with Crippen LogP contribution in [0, 0.1) is 0 Å². The number of cyclic esters (lactones) is 1. The van der Waals surface area contributed by atoms with E-state index in [1.807, 2.05) is 13.8 Å². The van der Waals surface area contributed by atoms with Crippen molar-refractivity contribution in [2.24, 2.45) is 10.9 Å². The van der Waals surface area contributed by atoms with Gasteiger partial charge in [0, 0.05) is 17.7 Å². The van der Waals surface area contributed by atoms with Gasteiger partial charge in [-0.15, -0.1) is 0 Å². The molecule has 1 aliphatic rings. The van der Waals surface area contributed by atoms with Gasteiger partial charge in [0.2, 0.25) is 0 Å². The Bertz CT molecular complexity index is 502. The zero-order valence-corrected chi connectivity index (χ0v) is 13.0. The summed E-state index contributed by atoms with van der Waals surface area (Å²) in [7, 11) is 0. The Morgan fingerprint density at radius 3 is 2.40 bits per heavy atom. The molecule has 0 aromatic heterocycles. The van der Waals surface area contributed by atoms with Gasteiger partial charge in [-0.1, -0.05) is 0 Å². The van der Waals surface area contributed by atoms with Gasteiger partial charge >= 0.3 is 5.97 Å². The predicted octanol–water partition coefficient (Wildman–Crippen LogP) is 1.26. The van der Waals surface area contributed by atoms with Crippen molar-refractivity contribution in [1.82, 2.24) is 5.32 Å². The lowest BCUT2D eigenvalue weighted by atomic mass is 9.94. The molecule has 112 valence electrons. The molecule has 0 aromatic rings. The fourth-order valence-corrected chi connectivity index (χ4v) is 2.18. The highest BCUT2D eigenvalue weighted by Gasteiger charge is 2.41. The first-order chi connectivity index (χ1) is 9.00. The fraction of sp³-hybridized carbons (Fsp3) is 0.643. The summed E-state index contributed by atoms with van der Waals surface area (Å²) in [6, 6.07) is 0. The smallest absolute Gasteiger partial charge is 0.344 e. The van der Waals surface area contributed by atoms with E-state index in [2.05, 4.69) is 10.4 Å². The van der Waals surface area contributed by atoms with Gasteiger partial charge in [0.25, 0.3) is 5.91 Å². The van der Waals surface area contributed by atoms with Gasteiger partial charge in [0.15, 0.2) is 0 Å². The minimum absolute atomic E-state index is 0.0883. The third-order valence-electron chi connectivity index (χ3n) is 3.43. The third-order valence-corrected chi connectivity index (χ3v) is 3.43. The molecule has 1 amide bonds. The maximum absolute atomic E-state index is 12.3. The van der Waals surface area contributed by atoms with Crippen LogP contribution < -0.4 is 11.2 Å². The number of hydrogen-bond acceptors (Lipinski definition) is 5. The quantitative estimate of drug-likeness (QED) is 0.267. The average Bonchev–Trinajstić information content (AvgIpc) is 2.46. The summed E-state index contributed by atoms with van der Waals surface area (Å²) in [5, 5.41) is 6.42. The van der Waals surface area contributed by atoms with E-state index in [4.69, 9.17) is 10.6 Å². The van der Waals surface area contributed by atoms with Crippen LogP contribution in [-0.2, 0) is 14.3 Å². The molecule has 0 unspecified atom stereocenters. The molecule has 3 N–H and O–H groups in total. The number of nitrogens with one attached hydrogen (secondary N) is 1. The molecule has 0 saturated heterocycles. The number of hydrazone groups is 1. The number of rotatable bonds is 4. The molecule has 0 aromatic carbocycles. The largest absolute Gasteiger partial charge is 0.451 e. The van der Waals surface area contributed by atoms with Crippen molar-refractivity contribution in [2.45, 2.75) is 59.1 Å². The number of ether oxygens (including phenoxy) is 1. The maximum Gasteiger partial charge on any atom is 0.344 e. The topological polar surface area (TPSA) is 93.8 Å². The van der Waals surface area contributed by atoms with Crippen molar-refractivity contribution < 1.29 is 14.3 Å². The van der Waals surface area contributed by atoms with Gasteiger partial charge in [-0.3, -0.25) is 4.79 Å². The van der Waals surface area contributed by atoms with Gasteiger partial charge in [-0.25, -0.2) is 4.79 Å². The van der Waals surface area contributed by atoms with Crippen LogP contribution in [-0.4, -0.2) is 28.7 Å². The molecule has 1 heterocycles. The Kier molecular flexibility index (Phi) is 4.27. The highest BCUT2D eigenvalue weighted by Crippen LogP contribution is 2.32. The average molecular weight is 281 g/mol. The highest BCUT2D eigenvalue weighted by atomic mass is 16.6. The number of carbonyl (C=O) groups is 2. The SMILES string of the molecule is CC(CC(C)(C)NC(=O)C1=C(C)C(C)(C)OC1=O)=NN. The van der Waals surface area contributed by atoms with E-state index in [1.54, 1.807) is 27.7 Å². The van der Waals surface area contributed by atoms with Crippen molar-refractivity contribution in [3.63, 3.8) is 0 Å². The Morgan fingerprint density at radius 1 is 1.45 bits per heavy atom. The van der Waals surface area contributed by atoms with E-state index in [9.17, 15) is 9.59 Å². The number of hydrogen-bond donors (Lipinski definition) is 2. The molecule has 0 fully saturated rings. The second kappa shape index (κ2) is 5.26. The van der Waals surface area contributed by atoms with E-state index >= 15 is 0 Å². The van der Waals surface area contributed by atoms with E-state index in [1.165, 1.54) is 0 Å². The predicted molar refractivity (Wildman–Crippen MR) is 77.0 cm³/mol. The van der Waals surface area contributed by atoms with E-state index in [-0.39, 0.29) is 5.57 Å². The molecule has 0 atom stereocenters. The van der Waals surface area contributed by atoms with Crippen molar-refractivity contribution in [3.8, 4) is 0 Å². The third kappa shape index (κ3) is 3.37. The molecule has 20 heavy (non-hydrogen) atoms. The standard InChI is InChI=1S/C14H23N3O3/c1-8(17-15)7-13(3,4)16-11(18)10-9(2)14(5,6)20-12(10)19/h7,15H2,1-6H3,(H,16,18). The number of nitrogens with zero attached hydrogens (tertiary/aromatic N) is 1. The molecule has 0 spiro atoms. The first-order valence-corrected chi connectivity index (χ1v) is 6.51. The van der Waals surface area contributed by atoms with Crippen LogP contribution in [0.5, 0.6) is 0 Å². The minimum atomic E-state index is -0.734. The molecule has 0 aliphatic carbocycles. The van der Waals surface area contributed by atoms with Crippen LogP contribution in [0.3, 0.4) is 0 Å². The molecule has 0 saturated carbocycles. The van der Waals surface area contributed by atoms with Crippen molar-refractivity contribution in [3.05, 3.63) is 11.1 Å². The van der Waals surface area contributed by atoms with Crippen LogP contribution in [0.25, 0.3) is 0 Å². The Balaban J connectivity index is 2.92. The van der Waals surface area contributed by atoms with Gasteiger partial charge in [0.1, 0.15) is 11.2 Å². The van der Waals surface area contributed by atoms with E-state index in [0.717, 1.165) is 5.71 Å². The zero-order valence-electron chi connectivity index (χ0n) is 13.0. The number of esters is 1. The first-order valence-electron chi connectivity index (χ1n) is 6.51.